The van der Waals surface area contributed by atoms with E-state index in [1.54, 1.807) is 0 Å². The lowest BCUT2D eigenvalue weighted by atomic mass is 9.59. The van der Waals surface area contributed by atoms with E-state index in [0.29, 0.717) is 0 Å². The fourth-order valence-corrected chi connectivity index (χ4v) is 1.14. The predicted molar refractivity (Wildman–Crippen MR) is 54.1 cm³/mol. The Hall–Kier alpha value is -0.235. The molecule has 2 heteroatoms. The average molecular weight is 166 g/mol. The largest absolute Gasteiger partial charge is 0.402 e. The molecule has 68 valence electrons. The van der Waals surface area contributed by atoms with Crippen LogP contribution in [0.1, 0.15) is 34.6 Å². The molecule has 1 nitrogen and oxygen atoms in total. The first-order chi connectivity index (χ1) is 5.25. The fraction of sp³-hybridized carbons (Fsp3) is 0.800. The maximum Gasteiger partial charge on any atom is 0.109 e. The van der Waals surface area contributed by atoms with E-state index >= 15 is 0 Å². The second kappa shape index (κ2) is 3.65. The van der Waals surface area contributed by atoms with Gasteiger partial charge in [-0.25, -0.2) is 0 Å². The second-order valence-electron chi connectivity index (χ2n) is 4.48. The Kier molecular flexibility index (Phi) is 3.58. The van der Waals surface area contributed by atoms with Crippen molar-refractivity contribution in [2.45, 2.75) is 40.6 Å². The summed E-state index contributed by atoms with van der Waals surface area (Å²) in [6, 6.07) is -0.811. The topological polar surface area (TPSA) is 20.2 Å². The quantitative estimate of drug-likeness (QED) is 0.492. The Morgan fingerprint density at radius 3 is 1.75 bits per heavy atom. The highest BCUT2D eigenvalue weighted by Crippen LogP contribution is 2.41. The van der Waals surface area contributed by atoms with Gasteiger partial charge in [-0.1, -0.05) is 39.8 Å². The van der Waals surface area contributed by atoms with Crippen LogP contribution in [0.15, 0.2) is 12.2 Å². The van der Waals surface area contributed by atoms with Crippen LogP contribution in [0.2, 0.25) is 0 Å². The zero-order chi connectivity index (χ0) is 9.99. The molecule has 1 N–H and O–H groups in total. The predicted octanol–water partition coefficient (Wildman–Crippen LogP) is 2.10. The summed E-state index contributed by atoms with van der Waals surface area (Å²) in [7, 11) is 5.55. The molecule has 0 aliphatic rings. The Morgan fingerprint density at radius 2 is 1.67 bits per heavy atom. The first kappa shape index (κ1) is 11.8. The minimum Gasteiger partial charge on any atom is -0.402 e. The molecule has 2 radical (unpaired) electrons. The zero-order valence-electron chi connectivity index (χ0n) is 8.76. The van der Waals surface area contributed by atoms with Crippen LogP contribution in [-0.2, 0) is 0 Å². The van der Waals surface area contributed by atoms with Gasteiger partial charge in [-0.3, -0.25) is 0 Å². The third-order valence-corrected chi connectivity index (χ3v) is 2.74. The molecule has 0 amide bonds. The Morgan fingerprint density at radius 1 is 1.25 bits per heavy atom. The Labute approximate surface area is 77.3 Å². The molecule has 0 saturated carbocycles. The molecule has 0 aromatic rings. The molecule has 0 aromatic heterocycles. The highest BCUT2D eigenvalue weighted by Gasteiger charge is 2.38. The molecular formula is C10H19BO. The van der Waals surface area contributed by atoms with E-state index < -0.39 is 6.00 Å². The average Bonchev–Trinajstić information content (AvgIpc) is 1.85. The van der Waals surface area contributed by atoms with Crippen molar-refractivity contribution in [3.05, 3.63) is 12.2 Å². The number of hydrogen-bond donors (Lipinski definition) is 1. The molecule has 0 saturated heterocycles. The van der Waals surface area contributed by atoms with Crippen molar-refractivity contribution in [3.63, 3.8) is 0 Å². The van der Waals surface area contributed by atoms with Gasteiger partial charge in [-0.2, -0.15) is 0 Å². The molecule has 2 unspecified atom stereocenters. The summed E-state index contributed by atoms with van der Waals surface area (Å²) in [5.41, 5.74) is -0.393. The van der Waals surface area contributed by atoms with Crippen LogP contribution in [0.25, 0.3) is 0 Å². The van der Waals surface area contributed by atoms with Crippen molar-refractivity contribution in [2.24, 2.45) is 10.8 Å². The van der Waals surface area contributed by atoms with E-state index in [9.17, 15) is 5.11 Å². The van der Waals surface area contributed by atoms with Crippen molar-refractivity contribution in [1.82, 2.24) is 0 Å². The van der Waals surface area contributed by atoms with Crippen LogP contribution in [0.3, 0.4) is 0 Å². The SMILES string of the molecule is [B]C(O)C(C)(/C=C\C)C(C)(C)C. The van der Waals surface area contributed by atoms with E-state index in [1.165, 1.54) is 0 Å². The van der Waals surface area contributed by atoms with Crippen LogP contribution in [0.4, 0.5) is 0 Å². The number of rotatable bonds is 2. The number of aliphatic hydroxyl groups is 1. The summed E-state index contributed by atoms with van der Waals surface area (Å²) in [5.74, 6) is 0. The third-order valence-electron chi connectivity index (χ3n) is 2.74. The lowest BCUT2D eigenvalue weighted by molar-refractivity contribution is 0.0479. The lowest BCUT2D eigenvalue weighted by Gasteiger charge is -2.42. The summed E-state index contributed by atoms with van der Waals surface area (Å²) in [6.45, 7) is 10.1. The Bertz CT molecular complexity index is 167. The van der Waals surface area contributed by atoms with E-state index in [-0.39, 0.29) is 10.8 Å². The minimum absolute atomic E-state index is 0.0341. The standard InChI is InChI=1S/C10H19BO/c1-6-7-10(5,8(11)12)9(2,3)4/h6-8,12H,1-5H3/b7-6-. The van der Waals surface area contributed by atoms with Gasteiger partial charge in [0.1, 0.15) is 7.85 Å². The molecule has 0 aliphatic carbocycles. The monoisotopic (exact) mass is 166 g/mol. The normalized spacial score (nSPS) is 20.8. The molecule has 2 atom stereocenters. The summed E-state index contributed by atoms with van der Waals surface area (Å²) < 4.78 is 0. The van der Waals surface area contributed by atoms with Gasteiger partial charge in [-0.05, 0) is 12.3 Å². The second-order valence-corrected chi connectivity index (χ2v) is 4.48. The molecular weight excluding hydrogens is 147 g/mol. The van der Waals surface area contributed by atoms with Gasteiger partial charge in [0.05, 0.1) is 0 Å². The lowest BCUT2D eigenvalue weighted by Crippen LogP contribution is -2.42. The van der Waals surface area contributed by atoms with Crippen LogP contribution in [0, 0.1) is 10.8 Å². The summed E-state index contributed by atoms with van der Waals surface area (Å²) >= 11 is 0. The maximum atomic E-state index is 9.46. The fourth-order valence-electron chi connectivity index (χ4n) is 1.14. The van der Waals surface area contributed by atoms with Gasteiger partial charge in [0, 0.05) is 11.4 Å². The Balaban J connectivity index is 4.88. The number of allylic oxidation sites excluding steroid dienone is 1. The summed E-state index contributed by atoms with van der Waals surface area (Å²) in [4.78, 5) is 0. The van der Waals surface area contributed by atoms with Crippen molar-refractivity contribution < 1.29 is 5.11 Å². The van der Waals surface area contributed by atoms with Crippen molar-refractivity contribution in [3.8, 4) is 0 Å². The highest BCUT2D eigenvalue weighted by molar-refractivity contribution is 6.11. The molecule has 12 heavy (non-hydrogen) atoms. The maximum absolute atomic E-state index is 9.46. The van der Waals surface area contributed by atoms with E-state index in [4.69, 9.17) is 7.85 Å². The first-order valence-electron chi connectivity index (χ1n) is 4.33. The number of aliphatic hydroxyl groups excluding tert-OH is 1. The number of hydrogen-bond acceptors (Lipinski definition) is 1. The zero-order valence-corrected chi connectivity index (χ0v) is 8.76. The van der Waals surface area contributed by atoms with Gasteiger partial charge in [-0.15, -0.1) is 0 Å². The van der Waals surface area contributed by atoms with Crippen LogP contribution in [0.5, 0.6) is 0 Å². The van der Waals surface area contributed by atoms with Crippen LogP contribution < -0.4 is 0 Å². The van der Waals surface area contributed by atoms with Gasteiger partial charge in [0.15, 0.2) is 0 Å². The van der Waals surface area contributed by atoms with E-state index in [0.717, 1.165) is 0 Å². The van der Waals surface area contributed by atoms with Gasteiger partial charge >= 0.3 is 0 Å². The smallest absolute Gasteiger partial charge is 0.109 e. The van der Waals surface area contributed by atoms with Crippen molar-refractivity contribution >= 4 is 7.85 Å². The molecule has 0 aliphatic heterocycles. The van der Waals surface area contributed by atoms with E-state index in [1.807, 2.05) is 26.0 Å². The van der Waals surface area contributed by atoms with Crippen LogP contribution >= 0.6 is 0 Å². The van der Waals surface area contributed by atoms with Gasteiger partial charge < -0.3 is 5.11 Å². The summed E-state index contributed by atoms with van der Waals surface area (Å²) in [5, 5.41) is 9.46. The first-order valence-corrected chi connectivity index (χ1v) is 4.33. The summed E-state index contributed by atoms with van der Waals surface area (Å²) in [6.07, 6.45) is 3.90. The highest BCUT2D eigenvalue weighted by atomic mass is 16.3. The third kappa shape index (κ3) is 2.13. The molecule has 0 aromatic carbocycles. The molecule has 0 heterocycles. The van der Waals surface area contributed by atoms with Crippen LogP contribution in [-0.4, -0.2) is 19.0 Å². The molecule has 0 rings (SSSR count). The van der Waals surface area contributed by atoms with Crippen molar-refractivity contribution in [2.75, 3.05) is 0 Å². The molecule has 0 bridgehead atoms. The van der Waals surface area contributed by atoms with Gasteiger partial charge in [0.2, 0.25) is 0 Å². The minimum atomic E-state index is -0.811. The van der Waals surface area contributed by atoms with Gasteiger partial charge in [0.25, 0.3) is 0 Å². The molecule has 0 spiro atoms. The molecule has 0 fully saturated rings. The van der Waals surface area contributed by atoms with E-state index in [2.05, 4.69) is 20.8 Å². The van der Waals surface area contributed by atoms with Crippen molar-refractivity contribution in [1.29, 1.82) is 0 Å².